The first-order chi connectivity index (χ1) is 14.6. The smallest absolute Gasteiger partial charge is 0.222 e. The Morgan fingerprint density at radius 2 is 1.87 bits per heavy atom. The van der Waals surface area contributed by atoms with E-state index in [1.54, 1.807) is 30.5 Å². The third-order valence-corrected chi connectivity index (χ3v) is 6.43. The SMILES string of the molecule is CN=C(NCC(Cc1ccc(F)cc1)C(N)=O)NCC(c1cccs1)N1CCCC1.I. The minimum absolute atomic E-state index is 0. The fourth-order valence-electron chi connectivity index (χ4n) is 3.76. The van der Waals surface area contributed by atoms with Crippen molar-refractivity contribution in [3.05, 3.63) is 58.0 Å². The standard InChI is InChI=1S/C22H30FN5OS.HI/c1-25-22(26-14-17(21(24)29)13-16-6-8-18(23)9-7-16)27-15-19(20-5-4-12-30-20)28-10-2-3-11-28;/h4-9,12,17,19H,2-3,10-11,13-15H2,1H3,(H2,24,29)(H2,25,26,27);1H. The Balaban J connectivity index is 0.00000341. The van der Waals surface area contributed by atoms with Gasteiger partial charge in [-0.3, -0.25) is 14.7 Å². The van der Waals surface area contributed by atoms with E-state index in [0.717, 1.165) is 25.2 Å². The lowest BCUT2D eigenvalue weighted by Crippen LogP contribution is -2.45. The summed E-state index contributed by atoms with van der Waals surface area (Å²) in [5.74, 6) is -0.465. The van der Waals surface area contributed by atoms with Crippen molar-refractivity contribution in [2.45, 2.75) is 25.3 Å². The van der Waals surface area contributed by atoms with Crippen LogP contribution in [0.1, 0.15) is 29.3 Å². The zero-order valence-electron chi connectivity index (χ0n) is 17.7. The lowest BCUT2D eigenvalue weighted by Gasteiger charge is -2.28. The first-order valence-corrected chi connectivity index (χ1v) is 11.2. The van der Waals surface area contributed by atoms with Crippen LogP contribution in [-0.4, -0.2) is 50.0 Å². The maximum absolute atomic E-state index is 13.1. The summed E-state index contributed by atoms with van der Waals surface area (Å²) in [5, 5.41) is 8.73. The Morgan fingerprint density at radius 3 is 2.45 bits per heavy atom. The van der Waals surface area contributed by atoms with Crippen LogP contribution in [0.5, 0.6) is 0 Å². The molecule has 170 valence electrons. The third-order valence-electron chi connectivity index (χ3n) is 5.45. The molecular weight excluding hydrogens is 528 g/mol. The molecule has 0 bridgehead atoms. The van der Waals surface area contributed by atoms with Crippen LogP contribution < -0.4 is 16.4 Å². The van der Waals surface area contributed by atoms with Crippen molar-refractivity contribution >= 4 is 47.2 Å². The van der Waals surface area contributed by atoms with Gasteiger partial charge in [-0.15, -0.1) is 35.3 Å². The number of carbonyl (C=O) groups excluding carboxylic acids is 1. The molecule has 1 amide bonds. The van der Waals surface area contributed by atoms with Gasteiger partial charge in [0.1, 0.15) is 5.82 Å². The van der Waals surface area contributed by atoms with Crippen molar-refractivity contribution in [1.82, 2.24) is 15.5 Å². The topological polar surface area (TPSA) is 82.7 Å². The van der Waals surface area contributed by atoms with E-state index in [1.165, 1.54) is 29.9 Å². The van der Waals surface area contributed by atoms with Crippen LogP contribution in [0.4, 0.5) is 4.39 Å². The van der Waals surface area contributed by atoms with Gasteiger partial charge >= 0.3 is 0 Å². The van der Waals surface area contributed by atoms with Crippen LogP contribution in [0.25, 0.3) is 0 Å². The van der Waals surface area contributed by atoms with Gasteiger partial charge in [0.25, 0.3) is 0 Å². The van der Waals surface area contributed by atoms with Crippen LogP contribution in [0.15, 0.2) is 46.8 Å². The highest BCUT2D eigenvalue weighted by atomic mass is 127. The van der Waals surface area contributed by atoms with Crippen molar-refractivity contribution in [2.24, 2.45) is 16.6 Å². The second kappa shape index (κ2) is 13.0. The summed E-state index contributed by atoms with van der Waals surface area (Å²) >= 11 is 1.77. The van der Waals surface area contributed by atoms with Gasteiger partial charge in [-0.2, -0.15) is 0 Å². The number of hydrogen-bond acceptors (Lipinski definition) is 4. The molecule has 4 N–H and O–H groups in total. The van der Waals surface area contributed by atoms with Gasteiger partial charge in [-0.1, -0.05) is 18.2 Å². The van der Waals surface area contributed by atoms with Crippen molar-refractivity contribution < 1.29 is 9.18 Å². The predicted molar refractivity (Wildman–Crippen MR) is 135 cm³/mol. The van der Waals surface area contributed by atoms with Gasteiger partial charge in [0.05, 0.1) is 12.0 Å². The van der Waals surface area contributed by atoms with E-state index in [2.05, 4.69) is 38.0 Å². The Morgan fingerprint density at radius 1 is 1.19 bits per heavy atom. The van der Waals surface area contributed by atoms with E-state index < -0.39 is 11.8 Å². The van der Waals surface area contributed by atoms with E-state index in [-0.39, 0.29) is 29.8 Å². The lowest BCUT2D eigenvalue weighted by atomic mass is 9.98. The fourth-order valence-corrected chi connectivity index (χ4v) is 4.62. The average Bonchev–Trinajstić information content (AvgIpc) is 3.45. The zero-order chi connectivity index (χ0) is 21.3. The number of carbonyl (C=O) groups is 1. The van der Waals surface area contributed by atoms with Crippen LogP contribution >= 0.6 is 35.3 Å². The molecule has 9 heteroatoms. The number of nitrogens with two attached hydrogens (primary N) is 1. The number of nitrogens with zero attached hydrogens (tertiary/aromatic N) is 2. The number of primary amides is 1. The molecule has 0 aliphatic carbocycles. The van der Waals surface area contributed by atoms with Gasteiger partial charge in [-0.05, 0) is 61.5 Å². The van der Waals surface area contributed by atoms with E-state index in [9.17, 15) is 9.18 Å². The highest BCUT2D eigenvalue weighted by molar-refractivity contribution is 14.0. The first kappa shape index (κ1) is 25.5. The maximum atomic E-state index is 13.1. The Hall–Kier alpha value is -1.72. The molecule has 2 unspecified atom stereocenters. The molecule has 1 aliphatic heterocycles. The number of halogens is 2. The summed E-state index contributed by atoms with van der Waals surface area (Å²) in [6.45, 7) is 3.31. The summed E-state index contributed by atoms with van der Waals surface area (Å²) < 4.78 is 13.1. The highest BCUT2D eigenvalue weighted by Crippen LogP contribution is 2.27. The molecule has 0 radical (unpaired) electrons. The largest absolute Gasteiger partial charge is 0.369 e. The number of aliphatic imine (C=N–C) groups is 1. The number of rotatable bonds is 9. The van der Waals surface area contributed by atoms with E-state index >= 15 is 0 Å². The number of amides is 1. The summed E-state index contributed by atoms with van der Waals surface area (Å²) in [5.41, 5.74) is 6.46. The molecular formula is C22H31FIN5OS. The molecule has 1 saturated heterocycles. The van der Waals surface area contributed by atoms with Crippen LogP contribution in [0, 0.1) is 11.7 Å². The van der Waals surface area contributed by atoms with Crippen molar-refractivity contribution in [1.29, 1.82) is 0 Å². The minimum atomic E-state index is -0.416. The number of hydrogen-bond donors (Lipinski definition) is 3. The summed E-state index contributed by atoms with van der Waals surface area (Å²) in [6.07, 6.45) is 2.92. The van der Waals surface area contributed by atoms with E-state index in [1.807, 2.05) is 0 Å². The van der Waals surface area contributed by atoms with Crippen molar-refractivity contribution in [2.75, 3.05) is 33.2 Å². The molecule has 2 heterocycles. The first-order valence-electron chi connectivity index (χ1n) is 10.3. The maximum Gasteiger partial charge on any atom is 0.222 e. The Bertz CT molecular complexity index is 825. The van der Waals surface area contributed by atoms with Gasteiger partial charge in [0.2, 0.25) is 5.91 Å². The number of thiophene rings is 1. The minimum Gasteiger partial charge on any atom is -0.369 e. The van der Waals surface area contributed by atoms with Gasteiger partial charge in [0.15, 0.2) is 5.96 Å². The van der Waals surface area contributed by atoms with Crippen molar-refractivity contribution in [3.63, 3.8) is 0 Å². The molecule has 1 aromatic carbocycles. The molecule has 6 nitrogen and oxygen atoms in total. The number of likely N-dealkylation sites (tertiary alicyclic amines) is 1. The second-order valence-electron chi connectivity index (χ2n) is 7.54. The Labute approximate surface area is 204 Å². The number of guanidine groups is 1. The monoisotopic (exact) mass is 559 g/mol. The average molecular weight is 559 g/mol. The zero-order valence-corrected chi connectivity index (χ0v) is 20.9. The number of nitrogens with one attached hydrogen (secondary N) is 2. The lowest BCUT2D eigenvalue weighted by molar-refractivity contribution is -0.121. The summed E-state index contributed by atoms with van der Waals surface area (Å²) in [4.78, 5) is 20.1. The van der Waals surface area contributed by atoms with E-state index in [4.69, 9.17) is 5.73 Å². The summed E-state index contributed by atoms with van der Waals surface area (Å²) in [6, 6.07) is 10.7. The Kier molecular flexibility index (Phi) is 10.7. The van der Waals surface area contributed by atoms with Crippen LogP contribution in [0.2, 0.25) is 0 Å². The van der Waals surface area contributed by atoms with E-state index in [0.29, 0.717) is 25.0 Å². The van der Waals surface area contributed by atoms with Gasteiger partial charge < -0.3 is 16.4 Å². The second-order valence-corrected chi connectivity index (χ2v) is 8.52. The normalized spacial score (nSPS) is 16.4. The molecule has 1 fully saturated rings. The molecule has 31 heavy (non-hydrogen) atoms. The molecule has 0 spiro atoms. The summed E-state index contributed by atoms with van der Waals surface area (Å²) in [7, 11) is 1.71. The molecule has 0 saturated carbocycles. The van der Waals surface area contributed by atoms with Crippen LogP contribution in [-0.2, 0) is 11.2 Å². The highest BCUT2D eigenvalue weighted by Gasteiger charge is 2.24. The predicted octanol–water partition coefficient (Wildman–Crippen LogP) is 3.15. The van der Waals surface area contributed by atoms with Crippen molar-refractivity contribution in [3.8, 4) is 0 Å². The van der Waals surface area contributed by atoms with Gasteiger partial charge in [-0.25, -0.2) is 4.39 Å². The molecule has 2 aromatic rings. The molecule has 1 aromatic heterocycles. The fraction of sp³-hybridized carbons (Fsp3) is 0.455. The number of benzene rings is 1. The molecule has 3 rings (SSSR count). The molecule has 1 aliphatic rings. The quantitative estimate of drug-likeness (QED) is 0.251. The van der Waals surface area contributed by atoms with Gasteiger partial charge in [0, 0.05) is 25.0 Å². The molecule has 2 atom stereocenters. The van der Waals surface area contributed by atoms with Crippen LogP contribution in [0.3, 0.4) is 0 Å². The third kappa shape index (κ3) is 7.73.